The SMILES string of the molecule is CN(C)S(=O)(=O)c1cc(C(=O)NCCC23CC4CC(CC(C4)C2)C3)c(Cl)cc1Cl. The third-order valence-corrected chi connectivity index (χ3v) is 9.72. The summed E-state index contributed by atoms with van der Waals surface area (Å²) < 4.78 is 26.0. The number of benzene rings is 1. The van der Waals surface area contributed by atoms with E-state index >= 15 is 0 Å². The van der Waals surface area contributed by atoms with E-state index in [1.165, 1.54) is 64.8 Å². The van der Waals surface area contributed by atoms with Crippen molar-refractivity contribution in [3.05, 3.63) is 27.7 Å². The summed E-state index contributed by atoms with van der Waals surface area (Å²) in [7, 11) is -0.925. The van der Waals surface area contributed by atoms with Gasteiger partial charge in [-0.2, -0.15) is 0 Å². The molecule has 1 N–H and O–H groups in total. The molecule has 8 heteroatoms. The molecule has 0 saturated heterocycles. The Hall–Kier alpha value is -0.820. The Kier molecular flexibility index (Phi) is 5.69. The zero-order valence-corrected chi connectivity index (χ0v) is 19.2. The summed E-state index contributed by atoms with van der Waals surface area (Å²) in [5.41, 5.74) is 0.521. The summed E-state index contributed by atoms with van der Waals surface area (Å²) >= 11 is 12.3. The third kappa shape index (κ3) is 4.06. The van der Waals surface area contributed by atoms with Crippen LogP contribution in [0.1, 0.15) is 55.3 Å². The molecule has 5 rings (SSSR count). The number of nitrogens with one attached hydrogen (secondary N) is 1. The van der Waals surface area contributed by atoms with Crippen LogP contribution in [0.5, 0.6) is 0 Å². The minimum absolute atomic E-state index is 0.00816. The van der Waals surface area contributed by atoms with Crippen LogP contribution in [0.25, 0.3) is 0 Å². The molecule has 5 nitrogen and oxygen atoms in total. The second-order valence-electron chi connectivity index (χ2n) is 9.47. The van der Waals surface area contributed by atoms with Crippen molar-refractivity contribution in [3.8, 4) is 0 Å². The Morgan fingerprint density at radius 1 is 1.07 bits per heavy atom. The number of halogens is 2. The number of rotatable bonds is 6. The maximum absolute atomic E-state index is 12.8. The van der Waals surface area contributed by atoms with Gasteiger partial charge in [-0.1, -0.05) is 23.2 Å². The lowest BCUT2D eigenvalue weighted by molar-refractivity contribution is -0.0564. The molecule has 29 heavy (non-hydrogen) atoms. The number of carbonyl (C=O) groups excluding carboxylic acids is 1. The van der Waals surface area contributed by atoms with Crippen LogP contribution in [0, 0.1) is 23.2 Å². The average molecular weight is 459 g/mol. The van der Waals surface area contributed by atoms with Gasteiger partial charge in [0.2, 0.25) is 10.0 Å². The Balaban J connectivity index is 1.45. The van der Waals surface area contributed by atoms with Crippen molar-refractivity contribution in [2.75, 3.05) is 20.6 Å². The highest BCUT2D eigenvalue weighted by Crippen LogP contribution is 2.61. The molecule has 160 valence electrons. The molecular weight excluding hydrogens is 431 g/mol. The molecule has 0 unspecified atom stereocenters. The second-order valence-corrected chi connectivity index (χ2v) is 12.4. The Labute approximate surface area is 183 Å². The number of nitrogens with zero attached hydrogens (tertiary/aromatic N) is 1. The maximum atomic E-state index is 12.8. The summed E-state index contributed by atoms with van der Waals surface area (Å²) in [6, 6.07) is 2.60. The zero-order chi connectivity index (χ0) is 21.0. The minimum atomic E-state index is -3.77. The molecular formula is C21H28Cl2N2O3S. The van der Waals surface area contributed by atoms with E-state index in [1.54, 1.807) is 0 Å². The van der Waals surface area contributed by atoms with Crippen molar-refractivity contribution in [3.63, 3.8) is 0 Å². The van der Waals surface area contributed by atoms with Crippen LogP contribution in [0.15, 0.2) is 17.0 Å². The van der Waals surface area contributed by atoms with Crippen LogP contribution in [0.2, 0.25) is 10.0 Å². The highest BCUT2D eigenvalue weighted by Gasteiger charge is 2.50. The predicted octanol–water partition coefficient (Wildman–Crippen LogP) is 4.58. The highest BCUT2D eigenvalue weighted by molar-refractivity contribution is 7.89. The molecule has 0 aliphatic heterocycles. The van der Waals surface area contributed by atoms with E-state index in [-0.39, 0.29) is 26.4 Å². The van der Waals surface area contributed by atoms with E-state index in [4.69, 9.17) is 23.2 Å². The Morgan fingerprint density at radius 3 is 2.14 bits per heavy atom. The molecule has 1 amide bonds. The van der Waals surface area contributed by atoms with Crippen LogP contribution in [-0.2, 0) is 10.0 Å². The minimum Gasteiger partial charge on any atom is -0.352 e. The molecule has 0 heterocycles. The zero-order valence-electron chi connectivity index (χ0n) is 16.9. The number of hydrogen-bond donors (Lipinski definition) is 1. The summed E-state index contributed by atoms with van der Waals surface area (Å²) in [4.78, 5) is 12.7. The van der Waals surface area contributed by atoms with Crippen molar-refractivity contribution in [2.45, 2.75) is 49.8 Å². The van der Waals surface area contributed by atoms with E-state index in [9.17, 15) is 13.2 Å². The number of carbonyl (C=O) groups is 1. The molecule has 0 atom stereocenters. The smallest absolute Gasteiger partial charge is 0.252 e. The quantitative estimate of drug-likeness (QED) is 0.677. The molecule has 4 bridgehead atoms. The van der Waals surface area contributed by atoms with Crippen LogP contribution >= 0.6 is 23.2 Å². The first-order valence-electron chi connectivity index (χ1n) is 10.3. The Bertz CT molecular complexity index is 895. The average Bonchev–Trinajstić information content (AvgIpc) is 2.59. The van der Waals surface area contributed by atoms with Crippen LogP contribution in [-0.4, -0.2) is 39.3 Å². The van der Waals surface area contributed by atoms with Gasteiger partial charge in [0.1, 0.15) is 4.90 Å². The van der Waals surface area contributed by atoms with Crippen LogP contribution in [0.3, 0.4) is 0 Å². The largest absolute Gasteiger partial charge is 0.352 e. The van der Waals surface area contributed by atoms with Crippen molar-refractivity contribution < 1.29 is 13.2 Å². The first-order valence-corrected chi connectivity index (χ1v) is 12.5. The van der Waals surface area contributed by atoms with Crippen molar-refractivity contribution in [1.29, 1.82) is 0 Å². The normalized spacial score (nSPS) is 30.7. The number of sulfonamides is 1. The van der Waals surface area contributed by atoms with Crippen molar-refractivity contribution >= 4 is 39.1 Å². The van der Waals surface area contributed by atoms with Gasteiger partial charge in [0, 0.05) is 20.6 Å². The van der Waals surface area contributed by atoms with E-state index in [0.29, 0.717) is 12.0 Å². The summed E-state index contributed by atoms with van der Waals surface area (Å²) in [5, 5.41) is 3.13. The van der Waals surface area contributed by atoms with Gasteiger partial charge in [-0.3, -0.25) is 4.79 Å². The first-order chi connectivity index (χ1) is 13.6. The molecule has 4 saturated carbocycles. The summed E-state index contributed by atoms with van der Waals surface area (Å²) in [5.74, 6) is 2.27. The van der Waals surface area contributed by atoms with Crippen molar-refractivity contribution in [2.24, 2.45) is 23.2 Å². The Morgan fingerprint density at radius 2 is 1.62 bits per heavy atom. The van der Waals surface area contributed by atoms with Gasteiger partial charge in [0.15, 0.2) is 0 Å². The van der Waals surface area contributed by atoms with Gasteiger partial charge >= 0.3 is 0 Å². The number of amides is 1. The topological polar surface area (TPSA) is 66.5 Å². The number of hydrogen-bond acceptors (Lipinski definition) is 3. The van der Waals surface area contributed by atoms with Crippen LogP contribution in [0.4, 0.5) is 0 Å². The third-order valence-electron chi connectivity index (χ3n) is 7.13. The standard InChI is InChI=1S/C21H28Cl2N2O3S/c1-25(2)29(27,28)19-8-16(17(22)9-18(19)23)20(26)24-4-3-21-10-13-5-14(11-21)7-15(6-13)12-21/h8-9,13-15H,3-7,10-12H2,1-2H3,(H,24,26). The highest BCUT2D eigenvalue weighted by atomic mass is 35.5. The fraction of sp³-hybridized carbons (Fsp3) is 0.667. The molecule has 4 fully saturated rings. The molecule has 4 aliphatic rings. The monoisotopic (exact) mass is 458 g/mol. The van der Waals surface area contributed by atoms with Crippen LogP contribution < -0.4 is 5.32 Å². The molecule has 1 aromatic carbocycles. The lowest BCUT2D eigenvalue weighted by atomic mass is 9.49. The maximum Gasteiger partial charge on any atom is 0.252 e. The van der Waals surface area contributed by atoms with Crippen molar-refractivity contribution in [1.82, 2.24) is 9.62 Å². The van der Waals surface area contributed by atoms with E-state index in [2.05, 4.69) is 5.32 Å². The van der Waals surface area contributed by atoms with Gasteiger partial charge in [0.05, 0.1) is 15.6 Å². The summed E-state index contributed by atoms with van der Waals surface area (Å²) in [6.07, 6.45) is 9.06. The fourth-order valence-electron chi connectivity index (χ4n) is 6.23. The van der Waals surface area contributed by atoms with Gasteiger partial charge in [-0.15, -0.1) is 0 Å². The predicted molar refractivity (Wildman–Crippen MR) is 115 cm³/mol. The molecule has 0 radical (unpaired) electrons. The van der Waals surface area contributed by atoms with E-state index in [0.717, 1.165) is 28.5 Å². The first kappa shape index (κ1) is 21.4. The van der Waals surface area contributed by atoms with Gasteiger partial charge < -0.3 is 5.32 Å². The summed E-state index contributed by atoms with van der Waals surface area (Å²) in [6.45, 7) is 0.583. The molecule has 0 spiro atoms. The lowest BCUT2D eigenvalue weighted by Gasteiger charge is -2.57. The van der Waals surface area contributed by atoms with E-state index in [1.807, 2.05) is 0 Å². The van der Waals surface area contributed by atoms with E-state index < -0.39 is 10.0 Å². The fourth-order valence-corrected chi connectivity index (χ4v) is 7.96. The second kappa shape index (κ2) is 7.70. The molecule has 0 aromatic heterocycles. The van der Waals surface area contributed by atoms with Gasteiger partial charge in [0.25, 0.3) is 5.91 Å². The molecule has 4 aliphatic carbocycles. The van der Waals surface area contributed by atoms with Gasteiger partial charge in [-0.25, -0.2) is 12.7 Å². The molecule has 1 aromatic rings. The lowest BCUT2D eigenvalue weighted by Crippen LogP contribution is -2.47. The van der Waals surface area contributed by atoms with Gasteiger partial charge in [-0.05, 0) is 80.2 Å².